The van der Waals surface area contributed by atoms with E-state index < -0.39 is 156 Å². The zero-order chi connectivity index (χ0) is 71.8. The van der Waals surface area contributed by atoms with Crippen molar-refractivity contribution in [3.05, 3.63) is 12.2 Å². The van der Waals surface area contributed by atoms with Gasteiger partial charge < -0.3 is 89.1 Å². The Morgan fingerprint density at radius 3 is 1.11 bits per heavy atom. The summed E-state index contributed by atoms with van der Waals surface area (Å²) in [6.07, 6.45) is 14.2. The van der Waals surface area contributed by atoms with E-state index in [1.165, 1.54) is 148 Å². The third-order valence-electron chi connectivity index (χ3n) is 19.0. The summed E-state index contributed by atoms with van der Waals surface area (Å²) in [5, 5.41) is 110. The van der Waals surface area contributed by atoms with Crippen LogP contribution in [0.1, 0.15) is 303 Å². The lowest BCUT2D eigenvalue weighted by molar-refractivity contribution is -0.360. The van der Waals surface area contributed by atoms with E-state index in [-0.39, 0.29) is 19.3 Å². The average Bonchev–Trinajstić information content (AvgIpc) is 0.761. The summed E-state index contributed by atoms with van der Waals surface area (Å²) in [5.41, 5.74) is 0. The molecule has 2 aliphatic heterocycles. The molecule has 98 heavy (non-hydrogen) atoms. The topological polar surface area (TPSA) is 374 Å². The van der Waals surface area contributed by atoms with E-state index in [9.17, 15) is 74.9 Å². The van der Waals surface area contributed by atoms with Crippen molar-refractivity contribution >= 4 is 25.7 Å². The van der Waals surface area contributed by atoms with Gasteiger partial charge in [-0.05, 0) is 44.9 Å². The number of ether oxygens (including phenoxy) is 7. The first-order chi connectivity index (χ1) is 47.3. The molecule has 0 amide bonds. The third kappa shape index (κ3) is 37.9. The second-order valence-corrected chi connectivity index (χ2v) is 29.1. The van der Waals surface area contributed by atoms with Gasteiger partial charge in [-0.2, -0.15) is 0 Å². The van der Waals surface area contributed by atoms with E-state index in [2.05, 4.69) is 32.9 Å². The van der Waals surface area contributed by atoms with Gasteiger partial charge in [0.2, 0.25) is 0 Å². The van der Waals surface area contributed by atoms with Crippen LogP contribution in [0.3, 0.4) is 0 Å². The van der Waals surface area contributed by atoms with E-state index in [1.54, 1.807) is 0 Å². The van der Waals surface area contributed by atoms with Crippen molar-refractivity contribution in [2.24, 2.45) is 0 Å². The van der Waals surface area contributed by atoms with Crippen molar-refractivity contribution < 1.29 is 117 Å². The number of aliphatic hydroxyl groups is 10. The molecule has 18 atom stereocenters. The van der Waals surface area contributed by atoms with Crippen molar-refractivity contribution in [3.63, 3.8) is 0 Å². The second-order valence-electron chi connectivity index (χ2n) is 27.7. The maximum atomic E-state index is 14.3. The standard InChI is InChI=1S/C73H135O24P/c1-4-7-10-13-16-19-22-25-27-28-29-31-34-37-40-43-46-49-59(77)92-54(51-89-57(75)47-44-41-38-35-32-24-21-18-15-12-9-6-3)52-91-98(87,88)97-71-69(95-72-67(85)62(80)60(78)55(50-74)93-72)65(83)64(82)66(84)70(71)96-73-68(86)63(81)61(79)56(94-73)53-90-58(76)48-45-42-39-36-33-30-26-23-20-17-14-11-8-5-2/h30,33,54-56,60-74,78-86H,4-29,31-32,34-53H2,1-3H3,(H,87,88)/b33-30-. The zero-order valence-corrected chi connectivity index (χ0v) is 61.0. The highest BCUT2D eigenvalue weighted by Crippen LogP contribution is 2.49. The summed E-state index contributed by atoms with van der Waals surface area (Å²) in [6.45, 7) is 3.45. The van der Waals surface area contributed by atoms with Crippen molar-refractivity contribution in [1.29, 1.82) is 0 Å². The van der Waals surface area contributed by atoms with Gasteiger partial charge in [0.1, 0.15) is 98.7 Å². The Bertz CT molecular complexity index is 2080. The molecule has 0 radical (unpaired) electrons. The van der Waals surface area contributed by atoms with Crippen LogP contribution in [0, 0.1) is 0 Å². The molecule has 2 heterocycles. The molecule has 2 saturated heterocycles. The first-order valence-corrected chi connectivity index (χ1v) is 40.0. The number of phosphoric acid groups is 1. The molecule has 3 rings (SSSR count). The number of carbonyl (C=O) groups excluding carboxylic acids is 3. The normalized spacial score (nSPS) is 27.7. The van der Waals surface area contributed by atoms with Crippen LogP contribution in [0.4, 0.5) is 0 Å². The first kappa shape index (κ1) is 89.9. The highest BCUT2D eigenvalue weighted by Gasteiger charge is 2.58. The monoisotopic (exact) mass is 1430 g/mol. The Kier molecular flexibility index (Phi) is 50.7. The van der Waals surface area contributed by atoms with Crippen LogP contribution in [0.25, 0.3) is 0 Å². The number of esters is 3. The summed E-state index contributed by atoms with van der Waals surface area (Å²) in [7, 11) is -5.69. The Morgan fingerprint density at radius 2 is 0.714 bits per heavy atom. The molecule has 18 unspecified atom stereocenters. The molecule has 0 spiro atoms. The van der Waals surface area contributed by atoms with Crippen LogP contribution < -0.4 is 0 Å². The molecule has 1 aliphatic carbocycles. The SMILES string of the molecule is CCCCCCCCC/C=C\CCCCCC(=O)OCC1OC(OC2C(O)C(O)C(O)C(OC3OC(CO)C(O)C(O)C3O)C2OP(=O)(O)OCC(COC(=O)CCCCCCCCCCCCCC)OC(=O)CCCCCCCCCCCCCCCCCCC)C(O)C(O)C1O. The maximum absolute atomic E-state index is 14.3. The predicted molar refractivity (Wildman–Crippen MR) is 370 cm³/mol. The molecule has 1 saturated carbocycles. The summed E-state index contributed by atoms with van der Waals surface area (Å²) in [4.78, 5) is 51.0. The van der Waals surface area contributed by atoms with Gasteiger partial charge in [0.25, 0.3) is 0 Å². The number of aliphatic hydroxyl groups excluding tert-OH is 10. The summed E-state index contributed by atoms with van der Waals surface area (Å²) < 4.78 is 65.0. The molecule has 576 valence electrons. The van der Waals surface area contributed by atoms with Crippen LogP contribution in [-0.4, -0.2) is 204 Å². The summed E-state index contributed by atoms with van der Waals surface area (Å²) in [5.74, 6) is -1.99. The smallest absolute Gasteiger partial charge is 0.463 e. The average molecular weight is 1430 g/mol. The third-order valence-corrected chi connectivity index (χ3v) is 20.0. The lowest BCUT2D eigenvalue weighted by Gasteiger charge is -2.49. The van der Waals surface area contributed by atoms with Gasteiger partial charge in [-0.25, -0.2) is 4.57 Å². The van der Waals surface area contributed by atoms with E-state index >= 15 is 0 Å². The van der Waals surface area contributed by atoms with E-state index in [0.717, 1.165) is 96.3 Å². The van der Waals surface area contributed by atoms with E-state index in [4.69, 9.17) is 42.2 Å². The number of unbranched alkanes of at least 4 members (excludes halogenated alkanes) is 37. The molecule has 0 aromatic carbocycles. The molecule has 25 heteroatoms. The van der Waals surface area contributed by atoms with Gasteiger partial charge in [0.05, 0.1) is 13.2 Å². The molecular formula is C73H135O24P. The van der Waals surface area contributed by atoms with Crippen LogP contribution >= 0.6 is 7.82 Å². The highest BCUT2D eigenvalue weighted by atomic mass is 31.2. The number of carbonyl (C=O) groups is 3. The molecule has 0 aromatic rings. The molecule has 0 bridgehead atoms. The minimum absolute atomic E-state index is 0.00966. The Morgan fingerprint density at radius 1 is 0.388 bits per heavy atom. The number of hydrogen-bond acceptors (Lipinski definition) is 23. The molecule has 11 N–H and O–H groups in total. The lowest BCUT2D eigenvalue weighted by atomic mass is 9.84. The lowest BCUT2D eigenvalue weighted by Crippen LogP contribution is -2.69. The second kappa shape index (κ2) is 55.2. The molecule has 0 aromatic heterocycles. The molecule has 3 fully saturated rings. The van der Waals surface area contributed by atoms with Crippen LogP contribution in [0.15, 0.2) is 12.2 Å². The largest absolute Gasteiger partial charge is 0.472 e. The van der Waals surface area contributed by atoms with Gasteiger partial charge in [-0.15, -0.1) is 0 Å². The maximum Gasteiger partial charge on any atom is 0.472 e. The number of allylic oxidation sites excluding steroid dienone is 2. The van der Waals surface area contributed by atoms with Crippen molar-refractivity contribution in [2.75, 3.05) is 26.4 Å². The quantitative estimate of drug-likeness (QED) is 0.00886. The number of rotatable bonds is 60. The van der Waals surface area contributed by atoms with Crippen LogP contribution in [0.5, 0.6) is 0 Å². The van der Waals surface area contributed by atoms with Crippen molar-refractivity contribution in [1.82, 2.24) is 0 Å². The van der Waals surface area contributed by atoms with Crippen LogP contribution in [0.2, 0.25) is 0 Å². The Labute approximate surface area is 586 Å². The first-order valence-electron chi connectivity index (χ1n) is 38.5. The fraction of sp³-hybridized carbons (Fsp3) is 0.932. The van der Waals surface area contributed by atoms with E-state index in [0.29, 0.717) is 19.3 Å². The van der Waals surface area contributed by atoms with Gasteiger partial charge in [-0.3, -0.25) is 23.4 Å². The Balaban J connectivity index is 1.73. The Hall–Kier alpha value is -2.30. The highest BCUT2D eigenvalue weighted by molar-refractivity contribution is 7.47. The number of phosphoric ester groups is 1. The number of hydrogen-bond donors (Lipinski definition) is 11. The van der Waals surface area contributed by atoms with Crippen molar-refractivity contribution in [3.8, 4) is 0 Å². The molecular weight excluding hydrogens is 1290 g/mol. The minimum atomic E-state index is -5.69. The molecule has 3 aliphatic rings. The van der Waals surface area contributed by atoms with Gasteiger partial charge >= 0.3 is 25.7 Å². The van der Waals surface area contributed by atoms with E-state index in [1.807, 2.05) is 0 Å². The van der Waals surface area contributed by atoms with Crippen molar-refractivity contribution in [2.45, 2.75) is 407 Å². The fourth-order valence-electron chi connectivity index (χ4n) is 12.8. The minimum Gasteiger partial charge on any atom is -0.463 e. The fourth-order valence-corrected chi connectivity index (χ4v) is 13.7. The van der Waals surface area contributed by atoms with Crippen LogP contribution in [-0.2, 0) is 61.2 Å². The van der Waals surface area contributed by atoms with Gasteiger partial charge in [0, 0.05) is 19.3 Å². The summed E-state index contributed by atoms with van der Waals surface area (Å²) >= 11 is 0. The van der Waals surface area contributed by atoms with Gasteiger partial charge in [-0.1, -0.05) is 251 Å². The summed E-state index contributed by atoms with van der Waals surface area (Å²) in [6, 6.07) is 0. The zero-order valence-electron chi connectivity index (χ0n) is 60.1. The van der Waals surface area contributed by atoms with Gasteiger partial charge in [0.15, 0.2) is 18.7 Å². The predicted octanol–water partition coefficient (Wildman–Crippen LogP) is 10.7. The molecule has 24 nitrogen and oxygen atoms in total.